The molecule has 2 rings (SSSR count). The van der Waals surface area contributed by atoms with Crippen molar-refractivity contribution >= 4 is 38.7 Å². The molecule has 20 heavy (non-hydrogen) atoms. The molecule has 0 radical (unpaired) electrons. The zero-order valence-electron chi connectivity index (χ0n) is 11.3. The SMILES string of the molecule is C[C@H]1CCCCN1C(=O)CS(=O)(=O)Cc1ccc(Cl)s1. The van der Waals surface area contributed by atoms with E-state index in [1.807, 2.05) is 6.92 Å². The van der Waals surface area contributed by atoms with E-state index in [-0.39, 0.29) is 17.7 Å². The van der Waals surface area contributed by atoms with Crippen LogP contribution in [0.2, 0.25) is 4.34 Å². The molecule has 4 nitrogen and oxygen atoms in total. The van der Waals surface area contributed by atoms with Gasteiger partial charge in [-0.2, -0.15) is 0 Å². The Kier molecular flexibility index (Phi) is 5.09. The molecule has 0 aromatic carbocycles. The molecule has 0 spiro atoms. The van der Waals surface area contributed by atoms with E-state index in [1.54, 1.807) is 17.0 Å². The molecule has 0 bridgehead atoms. The minimum absolute atomic E-state index is 0.113. The van der Waals surface area contributed by atoms with E-state index in [2.05, 4.69) is 0 Å². The number of hydrogen-bond acceptors (Lipinski definition) is 4. The van der Waals surface area contributed by atoms with Crippen LogP contribution in [0.3, 0.4) is 0 Å². The molecule has 1 saturated heterocycles. The third-order valence-electron chi connectivity index (χ3n) is 3.46. The van der Waals surface area contributed by atoms with Gasteiger partial charge in [0.15, 0.2) is 9.84 Å². The largest absolute Gasteiger partial charge is 0.339 e. The summed E-state index contributed by atoms with van der Waals surface area (Å²) >= 11 is 7.02. The van der Waals surface area contributed by atoms with Crippen molar-refractivity contribution in [3.63, 3.8) is 0 Å². The summed E-state index contributed by atoms with van der Waals surface area (Å²) in [6.45, 7) is 2.64. The minimum Gasteiger partial charge on any atom is -0.339 e. The van der Waals surface area contributed by atoms with E-state index in [9.17, 15) is 13.2 Å². The number of piperidine rings is 1. The van der Waals surface area contributed by atoms with Crippen LogP contribution in [0.5, 0.6) is 0 Å². The maximum atomic E-state index is 12.1. The lowest BCUT2D eigenvalue weighted by Gasteiger charge is -2.33. The molecule has 1 amide bonds. The Bertz CT molecular complexity index is 582. The Labute approximate surface area is 128 Å². The third kappa shape index (κ3) is 4.20. The van der Waals surface area contributed by atoms with Crippen molar-refractivity contribution in [2.75, 3.05) is 12.3 Å². The van der Waals surface area contributed by atoms with Gasteiger partial charge in [-0.1, -0.05) is 11.6 Å². The average Bonchev–Trinajstić information content (AvgIpc) is 2.73. The highest BCUT2D eigenvalue weighted by molar-refractivity contribution is 7.91. The second-order valence-electron chi connectivity index (χ2n) is 5.17. The molecule has 1 fully saturated rings. The topological polar surface area (TPSA) is 54.5 Å². The molecular weight excluding hydrogens is 318 g/mol. The van der Waals surface area contributed by atoms with Crippen LogP contribution in [0.15, 0.2) is 12.1 Å². The third-order valence-corrected chi connectivity index (χ3v) is 6.31. The Balaban J connectivity index is 1.98. The molecule has 0 saturated carbocycles. The van der Waals surface area contributed by atoms with E-state index in [1.165, 1.54) is 11.3 Å². The zero-order valence-corrected chi connectivity index (χ0v) is 13.7. The van der Waals surface area contributed by atoms with Gasteiger partial charge in [0.1, 0.15) is 5.75 Å². The standard InChI is InChI=1S/C13H18ClNO3S2/c1-10-4-2-3-7-15(10)13(16)9-20(17,18)8-11-5-6-12(14)19-11/h5-6,10H,2-4,7-9H2,1H3/t10-/m0/s1. The van der Waals surface area contributed by atoms with Crippen LogP contribution in [-0.4, -0.2) is 37.6 Å². The predicted octanol–water partition coefficient (Wildman–Crippen LogP) is 2.72. The number of amides is 1. The summed E-state index contributed by atoms with van der Waals surface area (Å²) in [4.78, 5) is 14.5. The first-order valence-electron chi connectivity index (χ1n) is 6.61. The van der Waals surface area contributed by atoms with Crippen molar-refractivity contribution in [3.05, 3.63) is 21.3 Å². The first-order chi connectivity index (χ1) is 9.37. The fraction of sp³-hybridized carbons (Fsp3) is 0.615. The van der Waals surface area contributed by atoms with Gasteiger partial charge in [0, 0.05) is 17.5 Å². The number of rotatable bonds is 4. The van der Waals surface area contributed by atoms with Gasteiger partial charge in [0.05, 0.1) is 10.1 Å². The fourth-order valence-electron chi connectivity index (χ4n) is 2.44. The number of thiophene rings is 1. The molecule has 0 unspecified atom stereocenters. The molecule has 112 valence electrons. The summed E-state index contributed by atoms with van der Waals surface area (Å²) in [6, 6.07) is 3.51. The van der Waals surface area contributed by atoms with Crippen molar-refractivity contribution < 1.29 is 13.2 Å². The summed E-state index contributed by atoms with van der Waals surface area (Å²) in [5.41, 5.74) is 0. The van der Waals surface area contributed by atoms with Crippen molar-refractivity contribution in [3.8, 4) is 0 Å². The normalized spacial score (nSPS) is 20.1. The fourth-order valence-corrected chi connectivity index (χ4v) is 5.27. The summed E-state index contributed by atoms with van der Waals surface area (Å²) in [5, 5.41) is 0. The van der Waals surface area contributed by atoms with Gasteiger partial charge in [-0.15, -0.1) is 11.3 Å². The lowest BCUT2D eigenvalue weighted by molar-refractivity contribution is -0.131. The molecule has 1 aromatic heterocycles. The van der Waals surface area contributed by atoms with E-state index >= 15 is 0 Å². The van der Waals surface area contributed by atoms with Gasteiger partial charge in [0.25, 0.3) is 0 Å². The summed E-state index contributed by atoms with van der Waals surface area (Å²) in [5.74, 6) is -0.801. The Morgan fingerprint density at radius 3 is 2.80 bits per heavy atom. The zero-order chi connectivity index (χ0) is 14.8. The van der Waals surface area contributed by atoms with Crippen LogP contribution < -0.4 is 0 Å². The lowest BCUT2D eigenvalue weighted by atomic mass is 10.0. The molecule has 1 atom stereocenters. The van der Waals surface area contributed by atoms with E-state index in [0.717, 1.165) is 19.3 Å². The monoisotopic (exact) mass is 335 g/mol. The minimum atomic E-state index is -3.43. The number of sulfone groups is 1. The average molecular weight is 336 g/mol. The highest BCUT2D eigenvalue weighted by Gasteiger charge is 2.27. The number of carbonyl (C=O) groups is 1. The molecule has 0 aliphatic carbocycles. The molecule has 2 heterocycles. The molecular formula is C13H18ClNO3S2. The van der Waals surface area contributed by atoms with Gasteiger partial charge in [-0.25, -0.2) is 8.42 Å². The number of likely N-dealkylation sites (tertiary alicyclic amines) is 1. The van der Waals surface area contributed by atoms with Gasteiger partial charge in [-0.3, -0.25) is 4.79 Å². The van der Waals surface area contributed by atoms with Crippen LogP contribution in [0.4, 0.5) is 0 Å². The van der Waals surface area contributed by atoms with E-state index in [4.69, 9.17) is 11.6 Å². The number of carbonyl (C=O) groups excluding carboxylic acids is 1. The highest BCUT2D eigenvalue weighted by Crippen LogP contribution is 2.24. The molecule has 7 heteroatoms. The summed E-state index contributed by atoms with van der Waals surface area (Å²) in [6.07, 6.45) is 3.01. The molecule has 1 aliphatic rings. The maximum Gasteiger partial charge on any atom is 0.238 e. The Hall–Kier alpha value is -0.590. The van der Waals surface area contributed by atoms with Crippen LogP contribution in [0, 0.1) is 0 Å². The van der Waals surface area contributed by atoms with Gasteiger partial charge < -0.3 is 4.90 Å². The maximum absolute atomic E-state index is 12.1. The highest BCUT2D eigenvalue weighted by atomic mass is 35.5. The van der Waals surface area contributed by atoms with Crippen molar-refractivity contribution in [2.45, 2.75) is 38.0 Å². The Morgan fingerprint density at radius 1 is 1.45 bits per heavy atom. The molecule has 1 aliphatic heterocycles. The van der Waals surface area contributed by atoms with Crippen LogP contribution in [-0.2, 0) is 20.4 Å². The smallest absolute Gasteiger partial charge is 0.238 e. The number of nitrogens with zero attached hydrogens (tertiary/aromatic N) is 1. The van der Waals surface area contributed by atoms with Crippen LogP contribution in [0.25, 0.3) is 0 Å². The predicted molar refractivity (Wildman–Crippen MR) is 81.8 cm³/mol. The first kappa shape index (κ1) is 15.8. The number of hydrogen-bond donors (Lipinski definition) is 0. The van der Waals surface area contributed by atoms with Gasteiger partial charge >= 0.3 is 0 Å². The van der Waals surface area contributed by atoms with E-state index in [0.29, 0.717) is 15.8 Å². The quantitative estimate of drug-likeness (QED) is 0.850. The van der Waals surface area contributed by atoms with Crippen molar-refractivity contribution in [1.82, 2.24) is 4.90 Å². The lowest BCUT2D eigenvalue weighted by Crippen LogP contribution is -2.44. The second-order valence-corrected chi connectivity index (χ2v) is 9.03. The number of halogens is 1. The Morgan fingerprint density at radius 2 is 2.20 bits per heavy atom. The summed E-state index contributed by atoms with van der Waals surface area (Å²) in [7, 11) is -3.43. The van der Waals surface area contributed by atoms with Gasteiger partial charge in [0.2, 0.25) is 5.91 Å². The van der Waals surface area contributed by atoms with Crippen LogP contribution in [0.1, 0.15) is 31.1 Å². The molecule has 0 N–H and O–H groups in total. The van der Waals surface area contributed by atoms with Crippen molar-refractivity contribution in [1.29, 1.82) is 0 Å². The summed E-state index contributed by atoms with van der Waals surface area (Å²) < 4.78 is 24.7. The van der Waals surface area contributed by atoms with E-state index < -0.39 is 15.6 Å². The van der Waals surface area contributed by atoms with Gasteiger partial charge in [-0.05, 0) is 38.3 Å². The first-order valence-corrected chi connectivity index (χ1v) is 9.63. The van der Waals surface area contributed by atoms with Crippen molar-refractivity contribution in [2.24, 2.45) is 0 Å². The molecule has 1 aromatic rings. The van der Waals surface area contributed by atoms with Crippen LogP contribution >= 0.6 is 22.9 Å². The second kappa shape index (κ2) is 6.45.